The molecule has 1 aliphatic heterocycles. The van der Waals surface area contributed by atoms with Crippen molar-refractivity contribution in [2.45, 2.75) is 38.6 Å². The fourth-order valence-electron chi connectivity index (χ4n) is 3.89. The van der Waals surface area contributed by atoms with E-state index in [0.29, 0.717) is 13.0 Å². The van der Waals surface area contributed by atoms with Crippen molar-refractivity contribution in [2.75, 3.05) is 0 Å². The first-order valence-electron chi connectivity index (χ1n) is 10.5. The highest BCUT2D eigenvalue weighted by atomic mass is 16.6. The van der Waals surface area contributed by atoms with E-state index in [4.69, 9.17) is 4.74 Å². The highest BCUT2D eigenvalue weighted by molar-refractivity contribution is 5.86. The monoisotopic (exact) mass is 414 g/mol. The maximum atomic E-state index is 13.2. The first kappa shape index (κ1) is 20.7. The van der Waals surface area contributed by atoms with Gasteiger partial charge in [-0.15, -0.1) is 0 Å². The Bertz CT molecular complexity index is 1040. The second-order valence-corrected chi connectivity index (χ2v) is 7.80. The van der Waals surface area contributed by atoms with Gasteiger partial charge in [0.25, 0.3) is 0 Å². The lowest BCUT2D eigenvalue weighted by Crippen LogP contribution is -2.53. The lowest BCUT2D eigenvalue weighted by Gasteiger charge is -2.35. The van der Waals surface area contributed by atoms with Crippen LogP contribution in [0.1, 0.15) is 35.2 Å². The first-order chi connectivity index (χ1) is 15.1. The van der Waals surface area contributed by atoms with Crippen molar-refractivity contribution in [3.05, 3.63) is 107 Å². The van der Waals surface area contributed by atoms with Crippen LogP contribution in [0.3, 0.4) is 0 Å². The maximum absolute atomic E-state index is 13.2. The zero-order valence-corrected chi connectivity index (χ0v) is 17.5. The number of nitrogens with zero attached hydrogens (tertiary/aromatic N) is 1. The number of fused-ring (bicyclic) bond motifs is 1. The van der Waals surface area contributed by atoms with Gasteiger partial charge in [0.05, 0.1) is 12.6 Å². The molecule has 31 heavy (non-hydrogen) atoms. The number of hydrogen-bond donors (Lipinski definition) is 1. The third-order valence-electron chi connectivity index (χ3n) is 5.65. The van der Waals surface area contributed by atoms with Gasteiger partial charge in [-0.3, -0.25) is 9.69 Å². The molecule has 0 unspecified atom stereocenters. The molecule has 4 rings (SSSR count). The van der Waals surface area contributed by atoms with E-state index in [1.807, 2.05) is 91.9 Å². The minimum Gasteiger partial charge on any atom is -0.445 e. The van der Waals surface area contributed by atoms with Crippen molar-refractivity contribution in [1.82, 2.24) is 10.2 Å². The van der Waals surface area contributed by atoms with Crippen LogP contribution in [0.15, 0.2) is 84.9 Å². The highest BCUT2D eigenvalue weighted by Crippen LogP contribution is 2.25. The number of amides is 2. The predicted molar refractivity (Wildman–Crippen MR) is 119 cm³/mol. The van der Waals surface area contributed by atoms with Crippen molar-refractivity contribution < 1.29 is 14.3 Å². The molecule has 2 atom stereocenters. The zero-order chi connectivity index (χ0) is 21.6. The summed E-state index contributed by atoms with van der Waals surface area (Å²) in [6.07, 6.45) is -0.0184. The summed E-state index contributed by atoms with van der Waals surface area (Å²) in [6.45, 7) is 2.47. The van der Waals surface area contributed by atoms with Gasteiger partial charge in [-0.05, 0) is 29.2 Å². The molecule has 3 aromatic carbocycles. The molecule has 1 aliphatic rings. The van der Waals surface area contributed by atoms with E-state index in [-0.39, 0.29) is 18.6 Å². The molecule has 0 fully saturated rings. The van der Waals surface area contributed by atoms with Gasteiger partial charge in [0.2, 0.25) is 5.91 Å². The SMILES string of the molecule is C[C@@H](NC(=O)[C@H]1Cc2ccccc2CN1C(=O)OCc1ccccc1)c1ccccc1. The summed E-state index contributed by atoms with van der Waals surface area (Å²) >= 11 is 0. The van der Waals surface area contributed by atoms with Gasteiger partial charge in [0.1, 0.15) is 12.6 Å². The summed E-state index contributed by atoms with van der Waals surface area (Å²) in [5.41, 5.74) is 4.05. The normalized spacial score (nSPS) is 16.2. The lowest BCUT2D eigenvalue weighted by atomic mass is 9.93. The van der Waals surface area contributed by atoms with Crippen molar-refractivity contribution in [3.63, 3.8) is 0 Å². The Hall–Kier alpha value is -3.60. The number of carbonyl (C=O) groups is 2. The molecule has 1 N–H and O–H groups in total. The molecule has 0 saturated heterocycles. The number of ether oxygens (including phenoxy) is 1. The van der Waals surface area contributed by atoms with Gasteiger partial charge in [-0.25, -0.2) is 4.79 Å². The fraction of sp³-hybridized carbons (Fsp3) is 0.231. The van der Waals surface area contributed by atoms with Gasteiger partial charge in [0, 0.05) is 6.42 Å². The van der Waals surface area contributed by atoms with E-state index in [9.17, 15) is 9.59 Å². The minimum atomic E-state index is -0.621. The number of carbonyl (C=O) groups excluding carboxylic acids is 2. The van der Waals surface area contributed by atoms with E-state index in [1.54, 1.807) is 4.90 Å². The minimum absolute atomic E-state index is 0.159. The standard InChI is InChI=1S/C26H26N2O3/c1-19(21-12-6-3-7-13-21)27-25(29)24-16-22-14-8-9-15-23(22)17-28(24)26(30)31-18-20-10-4-2-5-11-20/h2-15,19,24H,16-18H2,1H3,(H,27,29)/t19-,24-/m1/s1. The molecule has 5 nitrogen and oxygen atoms in total. The van der Waals surface area contributed by atoms with Crippen LogP contribution in [0, 0.1) is 0 Å². The third kappa shape index (κ3) is 4.94. The summed E-state index contributed by atoms with van der Waals surface area (Å²) in [6, 6.07) is 26.5. The highest BCUT2D eigenvalue weighted by Gasteiger charge is 2.36. The number of benzene rings is 3. The predicted octanol–water partition coefficient (Wildman–Crippen LogP) is 4.63. The van der Waals surface area contributed by atoms with Gasteiger partial charge >= 0.3 is 6.09 Å². The summed E-state index contributed by atoms with van der Waals surface area (Å²) in [4.78, 5) is 27.7. The molecule has 0 radical (unpaired) electrons. The molecule has 0 aromatic heterocycles. The first-order valence-corrected chi connectivity index (χ1v) is 10.5. The molecule has 0 spiro atoms. The average molecular weight is 415 g/mol. The van der Waals surface area contributed by atoms with E-state index in [1.165, 1.54) is 0 Å². The molecule has 0 saturated carbocycles. The van der Waals surface area contributed by atoms with Crippen LogP contribution in [0.4, 0.5) is 4.79 Å². The molecule has 2 amide bonds. The van der Waals surface area contributed by atoms with E-state index >= 15 is 0 Å². The Labute approximate surface area is 182 Å². The smallest absolute Gasteiger partial charge is 0.411 e. The van der Waals surface area contributed by atoms with E-state index in [0.717, 1.165) is 22.3 Å². The van der Waals surface area contributed by atoms with Crippen molar-refractivity contribution in [1.29, 1.82) is 0 Å². The van der Waals surface area contributed by atoms with Gasteiger partial charge in [0.15, 0.2) is 0 Å². The quantitative estimate of drug-likeness (QED) is 0.662. The van der Waals surface area contributed by atoms with Gasteiger partial charge in [-0.1, -0.05) is 84.9 Å². The van der Waals surface area contributed by atoms with Crippen LogP contribution < -0.4 is 5.32 Å². The van der Waals surface area contributed by atoms with Crippen LogP contribution in [0.2, 0.25) is 0 Å². The molecule has 1 heterocycles. The molecule has 3 aromatic rings. The van der Waals surface area contributed by atoms with Crippen molar-refractivity contribution >= 4 is 12.0 Å². The van der Waals surface area contributed by atoms with Crippen LogP contribution >= 0.6 is 0 Å². The maximum Gasteiger partial charge on any atom is 0.411 e. The molecule has 5 heteroatoms. The number of nitrogens with one attached hydrogen (secondary N) is 1. The Morgan fingerprint density at radius 2 is 1.55 bits per heavy atom. The van der Waals surface area contributed by atoms with Crippen LogP contribution in [0.5, 0.6) is 0 Å². The van der Waals surface area contributed by atoms with Crippen LogP contribution in [0.25, 0.3) is 0 Å². The second-order valence-electron chi connectivity index (χ2n) is 7.80. The molecule has 158 valence electrons. The van der Waals surface area contributed by atoms with Crippen LogP contribution in [-0.2, 0) is 29.1 Å². The molecule has 0 bridgehead atoms. The number of hydrogen-bond acceptors (Lipinski definition) is 3. The Morgan fingerprint density at radius 1 is 0.935 bits per heavy atom. The zero-order valence-electron chi connectivity index (χ0n) is 17.5. The number of rotatable bonds is 5. The van der Waals surface area contributed by atoms with Crippen LogP contribution in [-0.4, -0.2) is 22.9 Å². The third-order valence-corrected chi connectivity index (χ3v) is 5.65. The average Bonchev–Trinajstić information content (AvgIpc) is 2.82. The van der Waals surface area contributed by atoms with E-state index < -0.39 is 12.1 Å². The van der Waals surface area contributed by atoms with E-state index in [2.05, 4.69) is 5.32 Å². The summed E-state index contributed by atoms with van der Waals surface area (Å²) in [7, 11) is 0. The summed E-state index contributed by atoms with van der Waals surface area (Å²) in [5.74, 6) is -0.178. The Balaban J connectivity index is 1.51. The Kier molecular flexibility index (Phi) is 6.32. The molecular formula is C26H26N2O3. The van der Waals surface area contributed by atoms with Gasteiger partial charge < -0.3 is 10.1 Å². The fourth-order valence-corrected chi connectivity index (χ4v) is 3.89. The summed E-state index contributed by atoms with van der Waals surface area (Å²) in [5, 5.41) is 3.07. The lowest BCUT2D eigenvalue weighted by molar-refractivity contribution is -0.127. The van der Waals surface area contributed by atoms with Crippen molar-refractivity contribution in [2.24, 2.45) is 0 Å². The summed E-state index contributed by atoms with van der Waals surface area (Å²) < 4.78 is 5.56. The topological polar surface area (TPSA) is 58.6 Å². The second kappa shape index (κ2) is 9.47. The molecule has 0 aliphatic carbocycles. The largest absolute Gasteiger partial charge is 0.445 e. The molecular weight excluding hydrogens is 388 g/mol. The van der Waals surface area contributed by atoms with Crippen molar-refractivity contribution in [3.8, 4) is 0 Å². The Morgan fingerprint density at radius 3 is 2.26 bits per heavy atom. The van der Waals surface area contributed by atoms with Gasteiger partial charge in [-0.2, -0.15) is 0 Å².